The van der Waals surface area contributed by atoms with E-state index >= 15 is 0 Å². The Balaban J connectivity index is 3.58. The molecule has 202 valence electrons. The number of hydrogen-bond acceptors (Lipinski definition) is 2. The van der Waals surface area contributed by atoms with Crippen molar-refractivity contribution in [3.63, 3.8) is 0 Å². The van der Waals surface area contributed by atoms with Crippen molar-refractivity contribution in [2.75, 3.05) is 27.7 Å². The molecule has 0 aromatic heterocycles. The van der Waals surface area contributed by atoms with Crippen LogP contribution in [-0.2, 0) is 4.57 Å². The van der Waals surface area contributed by atoms with Gasteiger partial charge in [0.05, 0.1) is 21.1 Å². The number of nitrogens with zero attached hydrogens (tertiary/aromatic N) is 1. The van der Waals surface area contributed by atoms with Gasteiger partial charge < -0.3 is 19.4 Å². The van der Waals surface area contributed by atoms with Crippen molar-refractivity contribution >= 4 is 7.60 Å². The van der Waals surface area contributed by atoms with Crippen LogP contribution in [0.5, 0.6) is 0 Å². The van der Waals surface area contributed by atoms with E-state index in [-0.39, 0.29) is 13.0 Å². The molecule has 0 aromatic carbocycles. The Morgan fingerprint density at radius 2 is 1.00 bits per heavy atom. The van der Waals surface area contributed by atoms with E-state index in [1.54, 1.807) is 0 Å². The zero-order valence-electron chi connectivity index (χ0n) is 22.9. The minimum absolute atomic E-state index is 0.0583. The molecule has 0 rings (SSSR count). The Hall–Kier alpha value is -0.450. The van der Waals surface area contributed by atoms with Crippen LogP contribution in [0.3, 0.4) is 0 Å². The lowest BCUT2D eigenvalue weighted by Crippen LogP contribution is -2.49. The highest BCUT2D eigenvalue weighted by Crippen LogP contribution is 2.52. The van der Waals surface area contributed by atoms with Gasteiger partial charge in [-0.2, -0.15) is 0 Å². The molecular formula is C28H57NO4P+. The molecule has 1 unspecified atom stereocenters. The first kappa shape index (κ1) is 33.5. The largest absolute Gasteiger partial charge is 0.373 e. The lowest BCUT2D eigenvalue weighted by atomic mass is 10.0. The van der Waals surface area contributed by atoms with Gasteiger partial charge in [0, 0.05) is 0 Å². The van der Waals surface area contributed by atoms with Crippen molar-refractivity contribution < 1.29 is 23.9 Å². The summed E-state index contributed by atoms with van der Waals surface area (Å²) in [4.78, 5) is 19.2. The smallest absolute Gasteiger partial charge is 0.362 e. The van der Waals surface area contributed by atoms with Crippen LogP contribution in [-0.4, -0.2) is 52.4 Å². The van der Waals surface area contributed by atoms with Gasteiger partial charge in [-0.1, -0.05) is 89.0 Å². The van der Waals surface area contributed by atoms with Crippen LogP contribution >= 0.6 is 7.60 Å². The van der Waals surface area contributed by atoms with Gasteiger partial charge in [0.15, 0.2) is 0 Å². The molecule has 0 aliphatic heterocycles. The zero-order valence-corrected chi connectivity index (χ0v) is 23.8. The van der Waals surface area contributed by atoms with Crippen LogP contribution in [0.4, 0.5) is 0 Å². The molecule has 0 aromatic rings. The average molecular weight is 503 g/mol. The van der Waals surface area contributed by atoms with Gasteiger partial charge in [-0.25, -0.2) is 0 Å². The summed E-state index contributed by atoms with van der Waals surface area (Å²) in [5.74, 6) is 0. The first-order chi connectivity index (χ1) is 16.0. The highest BCUT2D eigenvalue weighted by molar-refractivity contribution is 7.53. The van der Waals surface area contributed by atoms with E-state index in [0.29, 0.717) is 10.9 Å². The third-order valence-corrected chi connectivity index (χ3v) is 7.70. The summed E-state index contributed by atoms with van der Waals surface area (Å²) in [5, 5.41) is 8.64. The van der Waals surface area contributed by atoms with Crippen LogP contribution in [0.1, 0.15) is 122 Å². The molecule has 0 saturated heterocycles. The van der Waals surface area contributed by atoms with Crippen molar-refractivity contribution in [3.05, 3.63) is 24.3 Å². The zero-order chi connectivity index (χ0) is 25.8. The molecule has 0 spiro atoms. The monoisotopic (exact) mass is 502 g/mol. The van der Waals surface area contributed by atoms with Crippen LogP contribution in [0.15, 0.2) is 24.3 Å². The fraction of sp³-hybridized carbons (Fsp3) is 0.857. The summed E-state index contributed by atoms with van der Waals surface area (Å²) >= 11 is 0. The molecular weight excluding hydrogens is 445 g/mol. The summed E-state index contributed by atoms with van der Waals surface area (Å²) in [7, 11) is 0.972. The Morgan fingerprint density at radius 1 is 0.647 bits per heavy atom. The summed E-state index contributed by atoms with van der Waals surface area (Å²) in [6.45, 7) is 2.28. The Labute approximate surface area is 211 Å². The lowest BCUT2D eigenvalue weighted by molar-refractivity contribution is -0.875. The summed E-state index contributed by atoms with van der Waals surface area (Å²) in [6.07, 6.45) is 29.8. The SMILES string of the molecule is CCC/C=C\CCCCCC/C=C\CCCCCCCCCCC(O)(C[N+](C)(C)C)P(=O)(O)O. The van der Waals surface area contributed by atoms with E-state index < -0.39 is 12.9 Å². The Bertz CT molecular complexity index is 579. The van der Waals surface area contributed by atoms with Gasteiger partial charge in [0.25, 0.3) is 0 Å². The Kier molecular flexibility index (Phi) is 19.4. The molecule has 1 atom stereocenters. The summed E-state index contributed by atoms with van der Waals surface area (Å²) in [5.41, 5.74) is 0. The van der Waals surface area contributed by atoms with Crippen molar-refractivity contribution in [1.82, 2.24) is 0 Å². The summed E-state index contributed by atoms with van der Waals surface area (Å²) in [6, 6.07) is 0. The fourth-order valence-corrected chi connectivity index (χ4v) is 5.38. The van der Waals surface area contributed by atoms with Crippen molar-refractivity contribution in [3.8, 4) is 0 Å². The van der Waals surface area contributed by atoms with E-state index in [0.717, 1.165) is 19.3 Å². The molecule has 0 heterocycles. The predicted molar refractivity (Wildman–Crippen MR) is 147 cm³/mol. The molecule has 3 N–H and O–H groups in total. The van der Waals surface area contributed by atoms with Gasteiger partial charge >= 0.3 is 7.60 Å². The molecule has 0 aliphatic carbocycles. The highest BCUT2D eigenvalue weighted by atomic mass is 31.2. The quantitative estimate of drug-likeness (QED) is 0.0578. The van der Waals surface area contributed by atoms with Crippen LogP contribution in [0, 0.1) is 0 Å². The molecule has 6 heteroatoms. The van der Waals surface area contributed by atoms with Gasteiger partial charge in [-0.05, 0) is 57.8 Å². The van der Waals surface area contributed by atoms with Crippen molar-refractivity contribution in [2.24, 2.45) is 0 Å². The van der Waals surface area contributed by atoms with Crippen LogP contribution in [0.2, 0.25) is 0 Å². The molecule has 34 heavy (non-hydrogen) atoms. The van der Waals surface area contributed by atoms with E-state index in [4.69, 9.17) is 0 Å². The topological polar surface area (TPSA) is 77.8 Å². The number of rotatable bonds is 23. The standard InChI is InChI=1S/C28H56NO4P/c1-5-6-7-8-9-10-11-12-13-14-15-16-17-18-19-20-21-22-23-24-25-26-28(30,34(31,32)33)27-29(2,3)4/h7-8,15-16,30H,5-6,9-14,17-27H2,1-4H3,(H-,31,32,33)/p+1/b8-7-,16-15-. The minimum atomic E-state index is -4.55. The summed E-state index contributed by atoms with van der Waals surface area (Å²) < 4.78 is 12.1. The van der Waals surface area contributed by atoms with Gasteiger partial charge in [-0.15, -0.1) is 0 Å². The second kappa shape index (κ2) is 19.7. The fourth-order valence-electron chi connectivity index (χ4n) is 4.32. The minimum Gasteiger partial charge on any atom is -0.373 e. The molecule has 0 fully saturated rings. The maximum atomic E-state index is 11.8. The third kappa shape index (κ3) is 19.8. The lowest BCUT2D eigenvalue weighted by Gasteiger charge is -2.35. The molecule has 5 nitrogen and oxygen atoms in total. The number of unbranched alkanes of at least 4 members (excludes halogenated alkanes) is 14. The van der Waals surface area contributed by atoms with Gasteiger partial charge in [0.2, 0.25) is 5.34 Å². The number of hydrogen-bond donors (Lipinski definition) is 3. The van der Waals surface area contributed by atoms with Gasteiger partial charge in [0.1, 0.15) is 6.54 Å². The molecule has 0 radical (unpaired) electrons. The molecule has 0 bridgehead atoms. The van der Waals surface area contributed by atoms with Crippen LogP contribution in [0.25, 0.3) is 0 Å². The second-order valence-electron chi connectivity index (χ2n) is 11.1. The van der Waals surface area contributed by atoms with Crippen molar-refractivity contribution in [2.45, 2.75) is 128 Å². The van der Waals surface area contributed by atoms with Gasteiger partial charge in [-0.3, -0.25) is 4.57 Å². The maximum Gasteiger partial charge on any atom is 0.362 e. The van der Waals surface area contributed by atoms with E-state index in [2.05, 4.69) is 31.2 Å². The normalized spacial score (nSPS) is 14.9. The average Bonchev–Trinajstić information content (AvgIpc) is 2.73. The molecule has 0 aliphatic rings. The number of allylic oxidation sites excluding steroid dienone is 4. The molecule has 0 saturated carbocycles. The number of quaternary nitrogens is 1. The van der Waals surface area contributed by atoms with E-state index in [1.807, 2.05) is 21.1 Å². The Morgan fingerprint density at radius 3 is 1.35 bits per heavy atom. The molecule has 0 amide bonds. The number of likely N-dealkylation sites (N-methyl/N-ethyl adjacent to an activating group) is 1. The highest BCUT2D eigenvalue weighted by Gasteiger charge is 2.48. The van der Waals surface area contributed by atoms with E-state index in [1.165, 1.54) is 83.5 Å². The first-order valence-electron chi connectivity index (χ1n) is 13.9. The number of aliphatic hydroxyl groups is 1. The van der Waals surface area contributed by atoms with Crippen molar-refractivity contribution in [1.29, 1.82) is 0 Å². The van der Waals surface area contributed by atoms with Crippen LogP contribution < -0.4 is 0 Å². The maximum absolute atomic E-state index is 11.8. The van der Waals surface area contributed by atoms with E-state index in [9.17, 15) is 19.5 Å². The predicted octanol–water partition coefficient (Wildman–Crippen LogP) is 7.71. The first-order valence-corrected chi connectivity index (χ1v) is 15.5. The third-order valence-electron chi connectivity index (χ3n) is 6.25. The second-order valence-corrected chi connectivity index (χ2v) is 13.0.